The number of nitrogens with one attached hydrogen (secondary N) is 2. The highest BCUT2D eigenvalue weighted by molar-refractivity contribution is 5.47. The van der Waals surface area contributed by atoms with E-state index in [2.05, 4.69) is 15.3 Å². The first kappa shape index (κ1) is 6.80. The van der Waals surface area contributed by atoms with Crippen molar-refractivity contribution >= 4 is 6.41 Å². The van der Waals surface area contributed by atoms with E-state index in [4.69, 9.17) is 0 Å². The highest BCUT2D eigenvalue weighted by atomic mass is 16.1. The molecule has 0 radical (unpaired) electrons. The van der Waals surface area contributed by atoms with Gasteiger partial charge in [-0.1, -0.05) is 0 Å². The molecule has 0 spiro atoms. The van der Waals surface area contributed by atoms with Crippen molar-refractivity contribution in [3.8, 4) is 0 Å². The average Bonchev–Trinajstić information content (AvgIpc) is 2.38. The maximum absolute atomic E-state index is 9.97. The molecule has 1 amide bonds. The SMILES string of the molecule is CC(NC=O)c1cnc[nH]1. The van der Waals surface area contributed by atoms with Gasteiger partial charge in [-0.05, 0) is 6.92 Å². The van der Waals surface area contributed by atoms with E-state index in [9.17, 15) is 4.79 Å². The molecule has 1 rings (SSSR count). The van der Waals surface area contributed by atoms with E-state index in [0.29, 0.717) is 6.41 Å². The summed E-state index contributed by atoms with van der Waals surface area (Å²) in [6, 6.07) is 0.0139. The first-order valence-corrected chi connectivity index (χ1v) is 3.02. The molecule has 0 aliphatic rings. The molecule has 1 aromatic heterocycles. The summed E-state index contributed by atoms with van der Waals surface area (Å²) in [6.45, 7) is 1.88. The second-order valence-corrected chi connectivity index (χ2v) is 2.01. The van der Waals surface area contributed by atoms with Crippen molar-refractivity contribution in [1.29, 1.82) is 0 Å². The van der Waals surface area contributed by atoms with Crippen LogP contribution in [0.4, 0.5) is 0 Å². The van der Waals surface area contributed by atoms with Gasteiger partial charge in [-0.15, -0.1) is 0 Å². The van der Waals surface area contributed by atoms with Crippen molar-refractivity contribution in [2.45, 2.75) is 13.0 Å². The third-order valence-corrected chi connectivity index (χ3v) is 1.30. The molecule has 1 heterocycles. The molecule has 0 fully saturated rings. The second kappa shape index (κ2) is 3.00. The van der Waals surface area contributed by atoms with E-state index in [1.54, 1.807) is 12.5 Å². The largest absolute Gasteiger partial charge is 0.351 e. The number of H-pyrrole nitrogens is 1. The Labute approximate surface area is 58.7 Å². The minimum Gasteiger partial charge on any atom is -0.351 e. The smallest absolute Gasteiger partial charge is 0.207 e. The van der Waals surface area contributed by atoms with Gasteiger partial charge in [-0.3, -0.25) is 4.79 Å². The van der Waals surface area contributed by atoms with Crippen LogP contribution in [0.25, 0.3) is 0 Å². The quantitative estimate of drug-likeness (QED) is 0.588. The lowest BCUT2D eigenvalue weighted by Crippen LogP contribution is -2.16. The lowest BCUT2D eigenvalue weighted by Gasteiger charge is -2.05. The summed E-state index contributed by atoms with van der Waals surface area (Å²) in [5.74, 6) is 0. The minimum atomic E-state index is 0.0139. The summed E-state index contributed by atoms with van der Waals surface area (Å²) in [6.07, 6.45) is 3.94. The maximum atomic E-state index is 9.97. The van der Waals surface area contributed by atoms with Gasteiger partial charge in [0.2, 0.25) is 6.41 Å². The van der Waals surface area contributed by atoms with Crippen molar-refractivity contribution in [2.24, 2.45) is 0 Å². The molecule has 1 atom stereocenters. The summed E-state index contributed by atoms with van der Waals surface area (Å²) < 4.78 is 0. The standard InChI is InChI=1S/C6H9N3O/c1-5(9-4-10)6-2-7-3-8-6/h2-5H,1H3,(H,7,8)(H,9,10). The Kier molecular flexibility index (Phi) is 2.04. The third-order valence-electron chi connectivity index (χ3n) is 1.30. The van der Waals surface area contributed by atoms with E-state index in [1.807, 2.05) is 6.92 Å². The first-order chi connectivity index (χ1) is 4.84. The zero-order valence-electron chi connectivity index (χ0n) is 5.66. The van der Waals surface area contributed by atoms with E-state index >= 15 is 0 Å². The van der Waals surface area contributed by atoms with E-state index in [-0.39, 0.29) is 6.04 Å². The van der Waals surface area contributed by atoms with Gasteiger partial charge in [0.25, 0.3) is 0 Å². The summed E-state index contributed by atoms with van der Waals surface area (Å²) in [5, 5.41) is 2.60. The van der Waals surface area contributed by atoms with Gasteiger partial charge in [0.1, 0.15) is 0 Å². The lowest BCUT2D eigenvalue weighted by atomic mass is 10.3. The van der Waals surface area contributed by atoms with Gasteiger partial charge >= 0.3 is 0 Å². The summed E-state index contributed by atoms with van der Waals surface area (Å²) in [5.41, 5.74) is 0.909. The highest BCUT2D eigenvalue weighted by Crippen LogP contribution is 2.04. The highest BCUT2D eigenvalue weighted by Gasteiger charge is 2.02. The van der Waals surface area contributed by atoms with Gasteiger partial charge in [-0.2, -0.15) is 0 Å². The number of aromatic nitrogens is 2. The van der Waals surface area contributed by atoms with Gasteiger partial charge < -0.3 is 10.3 Å². The molecule has 2 N–H and O–H groups in total. The fourth-order valence-electron chi connectivity index (χ4n) is 0.695. The number of carbonyl (C=O) groups is 1. The molecule has 0 bridgehead atoms. The molecular formula is C6H9N3O. The Morgan fingerprint density at radius 2 is 2.70 bits per heavy atom. The van der Waals surface area contributed by atoms with Crippen molar-refractivity contribution in [3.05, 3.63) is 18.2 Å². The Hall–Kier alpha value is -1.32. The summed E-state index contributed by atoms with van der Waals surface area (Å²) in [4.78, 5) is 16.7. The minimum absolute atomic E-state index is 0.0139. The van der Waals surface area contributed by atoms with Crippen LogP contribution in [0, 0.1) is 0 Å². The average molecular weight is 139 g/mol. The van der Waals surface area contributed by atoms with E-state index in [1.165, 1.54) is 0 Å². The fourth-order valence-corrected chi connectivity index (χ4v) is 0.695. The van der Waals surface area contributed by atoms with Crippen LogP contribution in [0.5, 0.6) is 0 Å². The number of hydrogen-bond acceptors (Lipinski definition) is 2. The van der Waals surface area contributed by atoms with E-state index in [0.717, 1.165) is 5.69 Å². The molecule has 0 saturated carbocycles. The predicted molar refractivity (Wildman–Crippen MR) is 36.2 cm³/mol. The molecule has 10 heavy (non-hydrogen) atoms. The number of rotatable bonds is 3. The van der Waals surface area contributed by atoms with Crippen molar-refractivity contribution < 1.29 is 4.79 Å². The molecule has 4 nitrogen and oxygen atoms in total. The van der Waals surface area contributed by atoms with Crippen LogP contribution in [0.3, 0.4) is 0 Å². The molecule has 4 heteroatoms. The van der Waals surface area contributed by atoms with Crippen molar-refractivity contribution in [1.82, 2.24) is 15.3 Å². The maximum Gasteiger partial charge on any atom is 0.207 e. The van der Waals surface area contributed by atoms with Crippen LogP contribution in [-0.2, 0) is 4.79 Å². The molecule has 1 aromatic rings. The molecule has 0 aliphatic heterocycles. The van der Waals surface area contributed by atoms with Crippen molar-refractivity contribution in [3.63, 3.8) is 0 Å². The number of imidazole rings is 1. The number of carbonyl (C=O) groups excluding carboxylic acids is 1. The van der Waals surface area contributed by atoms with Gasteiger partial charge in [-0.25, -0.2) is 4.98 Å². The Morgan fingerprint density at radius 1 is 1.90 bits per heavy atom. The van der Waals surface area contributed by atoms with Crippen LogP contribution >= 0.6 is 0 Å². The zero-order valence-corrected chi connectivity index (χ0v) is 5.66. The number of amides is 1. The molecule has 1 unspecified atom stereocenters. The predicted octanol–water partition coefficient (Wildman–Crippen LogP) is 0.217. The van der Waals surface area contributed by atoms with Crippen LogP contribution in [0.15, 0.2) is 12.5 Å². The van der Waals surface area contributed by atoms with Gasteiger partial charge in [0.15, 0.2) is 0 Å². The third kappa shape index (κ3) is 1.34. The lowest BCUT2D eigenvalue weighted by molar-refractivity contribution is -0.110. The zero-order chi connectivity index (χ0) is 7.40. The Morgan fingerprint density at radius 3 is 3.20 bits per heavy atom. The van der Waals surface area contributed by atoms with Crippen molar-refractivity contribution in [2.75, 3.05) is 0 Å². The topological polar surface area (TPSA) is 57.8 Å². The molecule has 0 aromatic carbocycles. The molecule has 0 saturated heterocycles. The molecular weight excluding hydrogens is 130 g/mol. The Balaban J connectivity index is 2.58. The van der Waals surface area contributed by atoms with Crippen LogP contribution in [0.2, 0.25) is 0 Å². The van der Waals surface area contributed by atoms with Crippen LogP contribution in [-0.4, -0.2) is 16.4 Å². The molecule has 0 aliphatic carbocycles. The first-order valence-electron chi connectivity index (χ1n) is 3.02. The monoisotopic (exact) mass is 139 g/mol. The normalized spacial score (nSPS) is 12.5. The second-order valence-electron chi connectivity index (χ2n) is 2.01. The van der Waals surface area contributed by atoms with Gasteiger partial charge in [0.05, 0.1) is 18.1 Å². The number of nitrogens with zero attached hydrogens (tertiary/aromatic N) is 1. The van der Waals surface area contributed by atoms with Gasteiger partial charge in [0, 0.05) is 6.20 Å². The summed E-state index contributed by atoms with van der Waals surface area (Å²) in [7, 11) is 0. The number of aromatic amines is 1. The van der Waals surface area contributed by atoms with E-state index < -0.39 is 0 Å². The summed E-state index contributed by atoms with van der Waals surface area (Å²) >= 11 is 0. The molecule has 54 valence electrons. The number of hydrogen-bond donors (Lipinski definition) is 2. The fraction of sp³-hybridized carbons (Fsp3) is 0.333. The van der Waals surface area contributed by atoms with Crippen LogP contribution < -0.4 is 5.32 Å². The van der Waals surface area contributed by atoms with Crippen LogP contribution in [0.1, 0.15) is 18.7 Å². The Bertz CT molecular complexity index is 195.